The number of rotatable bonds is 3. The quantitative estimate of drug-likeness (QED) is 0.785. The zero-order chi connectivity index (χ0) is 16.3. The molecule has 0 bridgehead atoms. The van der Waals surface area contributed by atoms with Gasteiger partial charge in [-0.2, -0.15) is 13.2 Å². The summed E-state index contributed by atoms with van der Waals surface area (Å²) in [6.45, 7) is 2.38. The van der Waals surface area contributed by atoms with Crippen molar-refractivity contribution in [1.82, 2.24) is 4.90 Å². The molecule has 0 aromatic heterocycles. The highest BCUT2D eigenvalue weighted by atomic mass is 79.9. The minimum atomic E-state index is -4.44. The van der Waals surface area contributed by atoms with Crippen LogP contribution in [0.2, 0.25) is 0 Å². The SMILES string of the molecule is CC1CCCCN1C(=O)COc1cc(C(F)(F)F)ccc1Br. The Kier molecular flexibility index (Phi) is 5.36. The number of piperidine rings is 1. The summed E-state index contributed by atoms with van der Waals surface area (Å²) in [5.74, 6) is -0.177. The van der Waals surface area contributed by atoms with E-state index < -0.39 is 11.7 Å². The molecule has 0 aliphatic carbocycles. The van der Waals surface area contributed by atoms with Gasteiger partial charge in [0.2, 0.25) is 0 Å². The largest absolute Gasteiger partial charge is 0.483 e. The van der Waals surface area contributed by atoms with Crippen molar-refractivity contribution in [3.63, 3.8) is 0 Å². The van der Waals surface area contributed by atoms with E-state index in [9.17, 15) is 18.0 Å². The fourth-order valence-corrected chi connectivity index (χ4v) is 2.84. The van der Waals surface area contributed by atoms with Gasteiger partial charge >= 0.3 is 6.18 Å². The highest BCUT2D eigenvalue weighted by molar-refractivity contribution is 9.10. The van der Waals surface area contributed by atoms with E-state index in [4.69, 9.17) is 4.74 Å². The summed E-state index contributed by atoms with van der Waals surface area (Å²) in [4.78, 5) is 13.9. The van der Waals surface area contributed by atoms with Gasteiger partial charge < -0.3 is 9.64 Å². The summed E-state index contributed by atoms with van der Waals surface area (Å²) in [5, 5.41) is 0. The molecule has 22 heavy (non-hydrogen) atoms. The van der Waals surface area contributed by atoms with Crippen LogP contribution in [0.15, 0.2) is 22.7 Å². The van der Waals surface area contributed by atoms with E-state index in [0.717, 1.165) is 31.4 Å². The number of nitrogens with zero attached hydrogens (tertiary/aromatic N) is 1. The van der Waals surface area contributed by atoms with Crippen molar-refractivity contribution >= 4 is 21.8 Å². The number of carbonyl (C=O) groups excluding carboxylic acids is 1. The van der Waals surface area contributed by atoms with Crippen LogP contribution in [0.1, 0.15) is 31.7 Å². The monoisotopic (exact) mass is 379 g/mol. The van der Waals surface area contributed by atoms with Gasteiger partial charge in [-0.15, -0.1) is 0 Å². The Morgan fingerprint density at radius 2 is 2.14 bits per heavy atom. The van der Waals surface area contributed by atoms with E-state index in [1.165, 1.54) is 6.07 Å². The van der Waals surface area contributed by atoms with E-state index in [1.807, 2.05) is 6.92 Å². The van der Waals surface area contributed by atoms with Gasteiger partial charge in [0.05, 0.1) is 10.0 Å². The number of carbonyl (C=O) groups is 1. The number of hydrogen-bond acceptors (Lipinski definition) is 2. The molecule has 1 atom stereocenters. The molecule has 2 rings (SSSR count). The average molecular weight is 380 g/mol. The third-order valence-corrected chi connectivity index (χ3v) is 4.39. The van der Waals surface area contributed by atoms with Crippen LogP contribution < -0.4 is 4.74 Å². The molecule has 3 nitrogen and oxygen atoms in total. The highest BCUT2D eigenvalue weighted by Crippen LogP contribution is 2.35. The maximum absolute atomic E-state index is 12.7. The van der Waals surface area contributed by atoms with E-state index in [2.05, 4.69) is 15.9 Å². The Morgan fingerprint density at radius 3 is 2.77 bits per heavy atom. The molecule has 122 valence electrons. The Bertz CT molecular complexity index is 548. The minimum absolute atomic E-state index is 0.0211. The molecule has 1 saturated heterocycles. The zero-order valence-electron chi connectivity index (χ0n) is 12.1. The molecule has 1 aromatic carbocycles. The second-order valence-electron chi connectivity index (χ2n) is 5.36. The van der Waals surface area contributed by atoms with Crippen LogP contribution in [0.25, 0.3) is 0 Å². The first-order chi connectivity index (χ1) is 10.3. The summed E-state index contributed by atoms with van der Waals surface area (Å²) in [6.07, 6.45) is -1.46. The maximum Gasteiger partial charge on any atom is 0.416 e. The standard InChI is InChI=1S/C15H17BrF3NO2/c1-10-4-2-3-7-20(10)14(21)9-22-13-8-11(15(17,18)19)5-6-12(13)16/h5-6,8,10H,2-4,7,9H2,1H3. The lowest BCUT2D eigenvalue weighted by molar-refractivity contribution is -0.137. The molecule has 1 heterocycles. The van der Waals surface area contributed by atoms with Gasteiger partial charge in [-0.1, -0.05) is 0 Å². The molecule has 0 N–H and O–H groups in total. The smallest absolute Gasteiger partial charge is 0.416 e. The van der Waals surface area contributed by atoms with Crippen molar-refractivity contribution in [2.45, 2.75) is 38.4 Å². The van der Waals surface area contributed by atoms with Crippen LogP contribution in [0.5, 0.6) is 5.75 Å². The first-order valence-electron chi connectivity index (χ1n) is 7.08. The summed E-state index contributed by atoms with van der Waals surface area (Å²) >= 11 is 3.14. The number of amides is 1. The van der Waals surface area contributed by atoms with Crippen LogP contribution in [-0.4, -0.2) is 30.0 Å². The van der Waals surface area contributed by atoms with E-state index in [-0.39, 0.29) is 24.3 Å². The van der Waals surface area contributed by atoms with Crippen LogP contribution in [0.4, 0.5) is 13.2 Å². The van der Waals surface area contributed by atoms with Gasteiger partial charge in [-0.25, -0.2) is 0 Å². The molecule has 7 heteroatoms. The molecule has 1 aromatic rings. The molecule has 1 fully saturated rings. The molecule has 0 saturated carbocycles. The number of halogens is 4. The number of alkyl halides is 3. The summed E-state index contributed by atoms with van der Waals surface area (Å²) in [7, 11) is 0. The van der Waals surface area contributed by atoms with Crippen LogP contribution in [0.3, 0.4) is 0 Å². The second-order valence-corrected chi connectivity index (χ2v) is 6.22. The topological polar surface area (TPSA) is 29.5 Å². The molecule has 1 aliphatic rings. The van der Waals surface area contributed by atoms with E-state index in [1.54, 1.807) is 4.90 Å². The van der Waals surface area contributed by atoms with Gasteiger partial charge in [0, 0.05) is 12.6 Å². The average Bonchev–Trinajstić information content (AvgIpc) is 2.45. The Balaban J connectivity index is 2.03. The molecular formula is C15H17BrF3NO2. The van der Waals surface area contributed by atoms with Gasteiger partial charge in [0.15, 0.2) is 6.61 Å². The number of ether oxygens (including phenoxy) is 1. The fourth-order valence-electron chi connectivity index (χ4n) is 2.48. The Labute approximate surface area is 135 Å². The number of benzene rings is 1. The lowest BCUT2D eigenvalue weighted by atomic mass is 10.0. The fraction of sp³-hybridized carbons (Fsp3) is 0.533. The van der Waals surface area contributed by atoms with Crippen LogP contribution in [-0.2, 0) is 11.0 Å². The van der Waals surface area contributed by atoms with Gasteiger partial charge in [0.1, 0.15) is 5.75 Å². The lowest BCUT2D eigenvalue weighted by Gasteiger charge is -2.33. The molecule has 0 spiro atoms. The zero-order valence-corrected chi connectivity index (χ0v) is 13.7. The van der Waals surface area contributed by atoms with E-state index in [0.29, 0.717) is 11.0 Å². The molecule has 0 radical (unpaired) electrons. The van der Waals surface area contributed by atoms with Crippen molar-refractivity contribution < 1.29 is 22.7 Å². The summed E-state index contributed by atoms with van der Waals surface area (Å²) in [6, 6.07) is 3.28. The third kappa shape index (κ3) is 4.15. The number of likely N-dealkylation sites (tertiary alicyclic amines) is 1. The highest BCUT2D eigenvalue weighted by Gasteiger charge is 2.31. The molecule has 1 unspecified atom stereocenters. The number of hydrogen-bond donors (Lipinski definition) is 0. The van der Waals surface area contributed by atoms with Crippen molar-refractivity contribution in [2.24, 2.45) is 0 Å². The third-order valence-electron chi connectivity index (χ3n) is 3.73. The van der Waals surface area contributed by atoms with Crippen molar-refractivity contribution in [3.05, 3.63) is 28.2 Å². The van der Waals surface area contributed by atoms with Gasteiger partial charge in [-0.3, -0.25) is 4.79 Å². The van der Waals surface area contributed by atoms with Crippen molar-refractivity contribution in [1.29, 1.82) is 0 Å². The lowest BCUT2D eigenvalue weighted by Crippen LogP contribution is -2.44. The van der Waals surface area contributed by atoms with Crippen LogP contribution >= 0.6 is 15.9 Å². The van der Waals surface area contributed by atoms with Crippen LogP contribution in [0, 0.1) is 0 Å². The predicted molar refractivity (Wildman–Crippen MR) is 79.7 cm³/mol. The Hall–Kier alpha value is -1.24. The van der Waals surface area contributed by atoms with E-state index >= 15 is 0 Å². The predicted octanol–water partition coefficient (Wildman–Crippen LogP) is 4.25. The van der Waals surface area contributed by atoms with Gasteiger partial charge in [-0.05, 0) is 60.3 Å². The summed E-state index contributed by atoms with van der Waals surface area (Å²) < 4.78 is 43.8. The van der Waals surface area contributed by atoms with Crippen molar-refractivity contribution in [3.8, 4) is 5.75 Å². The normalized spacial score (nSPS) is 19.1. The van der Waals surface area contributed by atoms with Crippen molar-refractivity contribution in [2.75, 3.05) is 13.2 Å². The molecule has 1 aliphatic heterocycles. The first kappa shape index (κ1) is 17.1. The summed E-state index contributed by atoms with van der Waals surface area (Å²) in [5.41, 5.74) is -0.801. The Morgan fingerprint density at radius 1 is 1.41 bits per heavy atom. The second kappa shape index (κ2) is 6.89. The first-order valence-corrected chi connectivity index (χ1v) is 7.87. The van der Waals surface area contributed by atoms with Gasteiger partial charge in [0.25, 0.3) is 5.91 Å². The molecule has 1 amide bonds. The maximum atomic E-state index is 12.7. The molecular weight excluding hydrogens is 363 g/mol. The minimum Gasteiger partial charge on any atom is -0.483 e.